The molecule has 5 fully saturated rings. The van der Waals surface area contributed by atoms with Crippen LogP contribution in [0, 0.1) is 35.5 Å². The van der Waals surface area contributed by atoms with Crippen molar-refractivity contribution in [3.05, 3.63) is 42.1 Å². The van der Waals surface area contributed by atoms with Crippen LogP contribution in [0.25, 0.3) is 11.3 Å². The second kappa shape index (κ2) is 28.1. The molecule has 1 aromatic carbocycles. The van der Waals surface area contributed by atoms with Gasteiger partial charge in [-0.15, -0.1) is 5.10 Å². The molecule has 0 radical (unpaired) electrons. The van der Waals surface area contributed by atoms with Crippen LogP contribution in [0.1, 0.15) is 169 Å². The zero-order valence-electron chi connectivity index (χ0n) is 48.2. The van der Waals surface area contributed by atoms with Crippen LogP contribution in [-0.2, 0) is 52.3 Å². The molecule has 8 rings (SSSR count). The zero-order valence-corrected chi connectivity index (χ0v) is 48.2. The van der Waals surface area contributed by atoms with Crippen LogP contribution < -0.4 is 4.74 Å². The van der Waals surface area contributed by atoms with Gasteiger partial charge in [-0.25, -0.2) is 4.68 Å². The number of methoxy groups -OCH3 is 4. The summed E-state index contributed by atoms with van der Waals surface area (Å²) in [5.41, 5.74) is 2.38. The lowest BCUT2D eigenvalue weighted by atomic mass is 9.64. The summed E-state index contributed by atoms with van der Waals surface area (Å²) in [7, 11) is 8.53. The van der Waals surface area contributed by atoms with E-state index in [1.165, 1.54) is 44.9 Å². The van der Waals surface area contributed by atoms with E-state index in [1.54, 1.807) is 28.4 Å². The first-order valence-electron chi connectivity index (χ1n) is 29.8. The molecule has 1 aromatic heterocycles. The van der Waals surface area contributed by atoms with E-state index in [2.05, 4.69) is 19.9 Å². The van der Waals surface area contributed by atoms with E-state index < -0.39 is 36.8 Å². The summed E-state index contributed by atoms with van der Waals surface area (Å²) in [4.78, 5) is 45.0. The summed E-state index contributed by atoms with van der Waals surface area (Å²) in [6, 6.07) is 7.67. The largest absolute Gasteiger partial charge is 0.497 e. The molecule has 3 aliphatic heterocycles. The molecule has 0 bridgehead atoms. The van der Waals surface area contributed by atoms with Gasteiger partial charge >= 0.3 is 5.97 Å². The normalized spacial score (nSPS) is 35.7. The predicted molar refractivity (Wildman–Crippen MR) is 292 cm³/mol. The number of Topliss-reactive ketones (excluding diaryl/α,β-unsaturated/α-hetero) is 1. The first-order valence-corrected chi connectivity index (χ1v) is 29.8. The highest BCUT2D eigenvalue weighted by Gasteiger charge is 2.57. The number of allylic oxidation sites excluding steroid dienone is 2. The smallest absolute Gasteiger partial charge is 0.306 e. The number of benzene rings is 1. The van der Waals surface area contributed by atoms with E-state index in [-0.39, 0.29) is 96.3 Å². The number of unbranched alkanes of at least 4 members (excludes halogenated alkanes) is 8. The van der Waals surface area contributed by atoms with Crippen LogP contribution in [0.15, 0.2) is 42.1 Å². The molecule has 3 aliphatic carbocycles. The number of carbonyl (C=O) groups is 3. The second-order valence-electron chi connectivity index (χ2n) is 23.4. The standard InChI is InChI=1S/C61H94N4O12/c1-11-13-14-15-16-17-18-19-20-24-54(66)64(6)51-29-30-56(73-38(51)4)77-53-23-21-22-41(12-2)75-55(67)35-47-46-34-52(65-36-50(62-63-65)40-25-27-42(69-7)28-26-40)48-32-43(31-44(48)45(46)33-49(47)57(68)37(53)3)76-61-60(72-10)59(71-9)58(70-8)39(5)74-61/h25-28,33,36-39,41,43-48,51-53,56,58-61H,11-24,29-32,34-35H2,1-10H3/t37-,38?,39?,41+,43+,44+,45+,46-,47+,48-,51+,52-,53+,56+,58+,59?,60+,61+/m1/s1. The maximum atomic E-state index is 15.4. The highest BCUT2D eigenvalue weighted by molar-refractivity contribution is 5.99. The van der Waals surface area contributed by atoms with Gasteiger partial charge in [0.15, 0.2) is 18.4 Å². The molecule has 16 nitrogen and oxygen atoms in total. The lowest BCUT2D eigenvalue weighted by Crippen LogP contribution is -2.59. The van der Waals surface area contributed by atoms with Gasteiger partial charge in [0.2, 0.25) is 5.91 Å². The molecule has 16 heteroatoms. The van der Waals surface area contributed by atoms with Crippen molar-refractivity contribution in [2.75, 3.05) is 35.5 Å². The first-order chi connectivity index (χ1) is 37.3. The molecule has 6 aliphatic rings. The highest BCUT2D eigenvalue weighted by Crippen LogP contribution is 2.60. The van der Waals surface area contributed by atoms with Gasteiger partial charge in [0, 0.05) is 58.6 Å². The Hall–Kier alpha value is -3.77. The van der Waals surface area contributed by atoms with Crippen molar-refractivity contribution in [2.45, 2.75) is 237 Å². The number of aromatic nitrogens is 3. The van der Waals surface area contributed by atoms with E-state index in [4.69, 9.17) is 52.9 Å². The van der Waals surface area contributed by atoms with Gasteiger partial charge in [0.1, 0.15) is 35.9 Å². The molecule has 3 unspecified atom stereocenters. The molecule has 3 saturated heterocycles. The molecule has 2 saturated carbocycles. The Kier molecular flexibility index (Phi) is 21.6. The van der Waals surface area contributed by atoms with Crippen LogP contribution in [0.5, 0.6) is 5.75 Å². The second-order valence-corrected chi connectivity index (χ2v) is 23.4. The number of amides is 1. The first kappa shape index (κ1) is 59.4. The average molecular weight is 1080 g/mol. The lowest BCUT2D eigenvalue weighted by Gasteiger charge is -2.44. The summed E-state index contributed by atoms with van der Waals surface area (Å²) >= 11 is 0. The summed E-state index contributed by atoms with van der Waals surface area (Å²) in [6.07, 6.45) is 18.2. The van der Waals surface area contributed by atoms with Crippen molar-refractivity contribution in [1.82, 2.24) is 19.9 Å². The highest BCUT2D eigenvalue weighted by atomic mass is 16.7. The summed E-state index contributed by atoms with van der Waals surface area (Å²) < 4.78 is 58.6. The Morgan fingerprint density at radius 2 is 1.47 bits per heavy atom. The fraction of sp³-hybridized carbons (Fsp3) is 0.787. The molecule has 0 N–H and O–H groups in total. The predicted octanol–water partition coefficient (Wildman–Crippen LogP) is 10.6. The van der Waals surface area contributed by atoms with Gasteiger partial charge in [0.05, 0.1) is 56.2 Å². The minimum absolute atomic E-state index is 0.00153. The Bertz CT molecular complexity index is 2220. The SMILES string of the molecule is CCCCCCCCCCCC(=O)N(C)[C@H]1CC[C@H](O[C@H]2CCC[C@H](CC)OC(=O)C[C@@H]3C(=C[C@@H]4[C@H]3C[C@@H](n3cc(-c5ccc(OC)cc5)nn3)[C@@H]3C[C@@H](O[C@@H]5OC(C)[C@H](OC)C(OC)[C@@H]5OC)C[C@@H]43)C(=O)[C@@H]2C)OC1C. The van der Waals surface area contributed by atoms with Gasteiger partial charge in [-0.3, -0.25) is 14.4 Å². The number of cyclic esters (lactones) is 1. The van der Waals surface area contributed by atoms with Crippen LogP contribution in [-0.4, -0.2) is 140 Å². The summed E-state index contributed by atoms with van der Waals surface area (Å²) in [5.74, 6) is -0.0213. The van der Waals surface area contributed by atoms with Gasteiger partial charge < -0.3 is 47.5 Å². The Labute approximate surface area is 459 Å². The molecule has 430 valence electrons. The number of carbonyl (C=O) groups excluding carboxylic acids is 3. The number of hydrogen-bond acceptors (Lipinski definition) is 14. The Morgan fingerprint density at radius 3 is 2.14 bits per heavy atom. The van der Waals surface area contributed by atoms with E-state index in [1.807, 2.05) is 67.9 Å². The van der Waals surface area contributed by atoms with Crippen LogP contribution in [0.3, 0.4) is 0 Å². The van der Waals surface area contributed by atoms with Gasteiger partial charge in [-0.2, -0.15) is 0 Å². The topological polar surface area (TPSA) is 168 Å². The molecule has 2 aromatic rings. The minimum Gasteiger partial charge on any atom is -0.497 e. The van der Waals surface area contributed by atoms with Gasteiger partial charge in [-0.05, 0) is 125 Å². The minimum atomic E-state index is -0.698. The summed E-state index contributed by atoms with van der Waals surface area (Å²) in [5, 5.41) is 9.52. The van der Waals surface area contributed by atoms with Crippen LogP contribution in [0.4, 0.5) is 0 Å². The molecule has 0 spiro atoms. The number of likely N-dealkylation sites (N-methyl/N-ethyl adjacent to an activating group) is 1. The number of ketones is 1. The van der Waals surface area contributed by atoms with Crippen molar-refractivity contribution in [1.29, 1.82) is 0 Å². The average Bonchev–Trinajstić information content (AvgIpc) is 4.24. The number of nitrogens with zero attached hydrogens (tertiary/aromatic N) is 4. The number of hydrogen-bond donors (Lipinski definition) is 0. The van der Waals surface area contributed by atoms with Crippen LogP contribution in [0.2, 0.25) is 0 Å². The number of ether oxygens (including phenoxy) is 9. The maximum Gasteiger partial charge on any atom is 0.306 e. The zero-order chi connectivity index (χ0) is 54.8. The summed E-state index contributed by atoms with van der Waals surface area (Å²) in [6.45, 7) is 10.3. The molecule has 18 atom stereocenters. The fourth-order valence-electron chi connectivity index (χ4n) is 14.4. The van der Waals surface area contributed by atoms with Crippen LogP contribution >= 0.6 is 0 Å². The van der Waals surface area contributed by atoms with Crippen molar-refractivity contribution < 1.29 is 57.0 Å². The van der Waals surface area contributed by atoms with E-state index in [9.17, 15) is 9.59 Å². The quantitative estimate of drug-likeness (QED) is 0.0806. The lowest BCUT2D eigenvalue weighted by molar-refractivity contribution is -0.314. The maximum absolute atomic E-state index is 15.4. The number of fused-ring (bicyclic) bond motifs is 5. The molecular weight excluding hydrogens is 981 g/mol. The van der Waals surface area contributed by atoms with Crippen molar-refractivity contribution in [3.63, 3.8) is 0 Å². The third-order valence-corrected chi connectivity index (χ3v) is 18.7. The Balaban J connectivity index is 1.01. The third-order valence-electron chi connectivity index (χ3n) is 18.7. The van der Waals surface area contributed by atoms with Gasteiger partial charge in [-0.1, -0.05) is 83.4 Å². The van der Waals surface area contributed by atoms with Gasteiger partial charge in [0.25, 0.3) is 0 Å². The van der Waals surface area contributed by atoms with Crippen molar-refractivity contribution in [2.24, 2.45) is 35.5 Å². The van der Waals surface area contributed by atoms with E-state index in [0.717, 1.165) is 49.1 Å². The molecule has 4 heterocycles. The third kappa shape index (κ3) is 14.1. The number of rotatable bonds is 22. The van der Waals surface area contributed by atoms with Crippen molar-refractivity contribution in [3.8, 4) is 17.0 Å². The molecular formula is C61H94N4O12. The monoisotopic (exact) mass is 1070 g/mol. The molecule has 77 heavy (non-hydrogen) atoms. The fourth-order valence-corrected chi connectivity index (χ4v) is 14.4. The van der Waals surface area contributed by atoms with E-state index >= 15 is 4.79 Å². The van der Waals surface area contributed by atoms with Crippen molar-refractivity contribution >= 4 is 17.7 Å². The number of esters is 1. The van der Waals surface area contributed by atoms with E-state index in [0.29, 0.717) is 50.5 Å². The Morgan fingerprint density at radius 1 is 0.766 bits per heavy atom. The molecule has 1 amide bonds.